The minimum absolute atomic E-state index is 0.0703. The molecule has 12 N–H and O–H groups in total. The maximum absolute atomic E-state index is 11.0. The van der Waals surface area contributed by atoms with E-state index in [4.69, 9.17) is 61.3 Å². The quantitative estimate of drug-likeness (QED) is 0.0301. The molecule has 0 spiro atoms. The van der Waals surface area contributed by atoms with Crippen molar-refractivity contribution in [2.24, 2.45) is 0 Å². The van der Waals surface area contributed by atoms with Gasteiger partial charge in [-0.2, -0.15) is 0 Å². The second-order valence-corrected chi connectivity index (χ2v) is 13.8. The van der Waals surface area contributed by atoms with Gasteiger partial charge in [-0.25, -0.2) is 0 Å². The van der Waals surface area contributed by atoms with Crippen molar-refractivity contribution in [3.8, 4) is 0 Å². The minimum Gasteiger partial charge on any atom is -0.480 e. The molecule has 64 heavy (non-hydrogen) atoms. The van der Waals surface area contributed by atoms with Gasteiger partial charge in [0.25, 0.3) is 0 Å². The van der Waals surface area contributed by atoms with Crippen LogP contribution in [-0.4, -0.2) is 279 Å². The van der Waals surface area contributed by atoms with Crippen LogP contribution in [0, 0.1) is 0 Å². The van der Waals surface area contributed by atoms with Crippen LogP contribution in [0.25, 0.3) is 0 Å². The van der Waals surface area contributed by atoms with Crippen LogP contribution >= 0.6 is 0 Å². The van der Waals surface area contributed by atoms with Gasteiger partial charge in [0.15, 0.2) is 0 Å². The van der Waals surface area contributed by atoms with Gasteiger partial charge >= 0.3 is 71.6 Å². The molecule has 0 aromatic rings. The van der Waals surface area contributed by atoms with Crippen molar-refractivity contribution < 1.29 is 119 Å². The van der Waals surface area contributed by atoms with E-state index in [9.17, 15) is 57.5 Å². The average molecular weight is 931 g/mol. The summed E-state index contributed by atoms with van der Waals surface area (Å²) in [5.74, 6) is -14.6. The lowest BCUT2D eigenvalue weighted by Crippen LogP contribution is -2.57. The predicted molar refractivity (Wildman–Crippen MR) is 207 cm³/mol. The molecule has 0 aromatic carbocycles. The van der Waals surface area contributed by atoms with Crippen molar-refractivity contribution in [1.29, 1.82) is 0 Å². The van der Waals surface area contributed by atoms with Gasteiger partial charge in [-0.05, 0) is 12.8 Å². The number of aliphatic carboxylic acids is 12. The monoisotopic (exact) mass is 930 g/mol. The first-order valence-corrected chi connectivity index (χ1v) is 18.6. The van der Waals surface area contributed by atoms with Crippen LogP contribution in [0.2, 0.25) is 0 Å². The zero-order valence-corrected chi connectivity index (χ0v) is 34.2. The lowest BCUT2D eigenvalue weighted by atomic mass is 9.87. The van der Waals surface area contributed by atoms with Crippen LogP contribution in [-0.2, 0) is 57.5 Å². The summed E-state index contributed by atoms with van der Waals surface area (Å²) in [5, 5.41) is 105. The molecule has 2 atom stereocenters. The molecule has 1 aliphatic carbocycles. The summed E-state index contributed by atoms with van der Waals surface area (Å²) < 4.78 is 0. The van der Waals surface area contributed by atoms with E-state index < -0.39 is 162 Å². The first kappa shape index (κ1) is 59.5. The van der Waals surface area contributed by atoms with E-state index in [0.29, 0.717) is 12.8 Å². The average Bonchev–Trinajstić information content (AvgIpc) is 3.10. The predicted octanol–water partition coefficient (Wildman–Crippen LogP) is -4.90. The number of carboxylic acids is 12. The van der Waals surface area contributed by atoms with Gasteiger partial charge in [0.1, 0.15) is 0 Å². The molecule has 1 saturated carbocycles. The first-order valence-electron chi connectivity index (χ1n) is 18.6. The summed E-state index contributed by atoms with van der Waals surface area (Å²) in [6.45, 7) is -6.50. The fourth-order valence-corrected chi connectivity index (χ4v) is 6.17. The lowest BCUT2D eigenvalue weighted by molar-refractivity contribution is -0.149. The summed E-state index contributed by atoms with van der Waals surface area (Å²) >= 11 is 0. The van der Waals surface area contributed by atoms with Gasteiger partial charge in [-0.1, -0.05) is 12.8 Å². The Morgan fingerprint density at radius 3 is 0.531 bits per heavy atom. The Morgan fingerprint density at radius 2 is 0.406 bits per heavy atom. The van der Waals surface area contributed by atoms with Crippen molar-refractivity contribution in [1.82, 2.24) is 29.4 Å². The zero-order valence-electron chi connectivity index (χ0n) is 34.2. The molecule has 0 heterocycles. The van der Waals surface area contributed by atoms with E-state index in [2.05, 4.69) is 0 Å². The fraction of sp³-hybridized carbons (Fsp3) is 0.647. The molecule has 30 heteroatoms. The van der Waals surface area contributed by atoms with Gasteiger partial charge in [0.2, 0.25) is 0 Å². The molecule has 0 radical (unpaired) electrons. The Kier molecular flexibility index (Phi) is 29.9. The number of carboxylic acid groups (broad SMARTS) is 12. The molecular weight excluding hydrogens is 876 g/mol. The van der Waals surface area contributed by atoms with Crippen LogP contribution in [0.4, 0.5) is 0 Å². The summed E-state index contributed by atoms with van der Waals surface area (Å²) in [4.78, 5) is 135. The third-order valence-electron chi connectivity index (χ3n) is 8.32. The largest absolute Gasteiger partial charge is 0.480 e. The van der Waals surface area contributed by atoms with Crippen LogP contribution in [0.1, 0.15) is 25.7 Å². The zero-order chi connectivity index (χ0) is 49.7. The van der Waals surface area contributed by atoms with Crippen LogP contribution in [0.5, 0.6) is 0 Å². The number of nitrogens with zero attached hydrogens (tertiary/aromatic N) is 6. The molecular formula is C34H54N6O24. The van der Waals surface area contributed by atoms with Crippen LogP contribution < -0.4 is 0 Å². The molecule has 0 aliphatic heterocycles. The van der Waals surface area contributed by atoms with E-state index >= 15 is 0 Å². The lowest BCUT2D eigenvalue weighted by Gasteiger charge is -2.43. The van der Waals surface area contributed by atoms with E-state index in [1.807, 2.05) is 0 Å². The molecule has 0 bridgehead atoms. The molecule has 364 valence electrons. The summed E-state index contributed by atoms with van der Waals surface area (Å²) in [6, 6.07) is -1.05. The Bertz CT molecular complexity index is 1340. The normalized spacial score (nSPS) is 14.5. The maximum atomic E-state index is 11.0. The maximum Gasteiger partial charge on any atom is 0.317 e. The Morgan fingerprint density at radius 1 is 0.266 bits per heavy atom. The number of hydrogen-bond acceptors (Lipinski definition) is 18. The molecule has 1 fully saturated rings. The second kappa shape index (κ2) is 32.1. The molecule has 2 unspecified atom stereocenters. The van der Waals surface area contributed by atoms with Crippen molar-refractivity contribution in [3.05, 3.63) is 0 Å². The van der Waals surface area contributed by atoms with Crippen LogP contribution in [0.15, 0.2) is 0 Å². The Balaban J connectivity index is 0. The van der Waals surface area contributed by atoms with Gasteiger partial charge in [0, 0.05) is 38.3 Å². The fourth-order valence-electron chi connectivity index (χ4n) is 6.17. The highest BCUT2D eigenvalue weighted by Crippen LogP contribution is 2.27. The third kappa shape index (κ3) is 33.1. The topological polar surface area (TPSA) is 467 Å². The third-order valence-corrected chi connectivity index (χ3v) is 8.32. The summed E-state index contributed by atoms with van der Waals surface area (Å²) in [7, 11) is 0. The van der Waals surface area contributed by atoms with Gasteiger partial charge in [0.05, 0.1) is 78.5 Å². The molecule has 0 amide bonds. The van der Waals surface area contributed by atoms with Crippen molar-refractivity contribution >= 4 is 71.6 Å². The summed E-state index contributed by atoms with van der Waals surface area (Å²) in [6.07, 6.45) is 2.46. The van der Waals surface area contributed by atoms with Crippen molar-refractivity contribution in [2.75, 3.05) is 105 Å². The number of carbonyl (C=O) groups is 12. The Hall–Kier alpha value is -6.60. The Labute approximate surface area is 362 Å². The highest BCUT2D eigenvalue weighted by Gasteiger charge is 2.37. The van der Waals surface area contributed by atoms with E-state index in [1.54, 1.807) is 0 Å². The van der Waals surface area contributed by atoms with Crippen molar-refractivity contribution in [2.45, 2.75) is 37.8 Å². The van der Waals surface area contributed by atoms with Crippen molar-refractivity contribution in [3.63, 3.8) is 0 Å². The molecule has 30 nitrogen and oxygen atoms in total. The molecule has 0 aromatic heterocycles. The van der Waals surface area contributed by atoms with E-state index in [1.165, 1.54) is 9.80 Å². The SMILES string of the molecule is O=C(O)CN(CC(=O)O)C1CCCCC1N(CC(=O)O)CC(=O)O.O=C(O)CN(CCN(CC(=O)O)CC(=O)O)CC(=O)O.O=C(O)CN(CCN(CC(=O)O)CC(=O)O)CC(=O)O. The molecule has 1 aliphatic rings. The smallest absolute Gasteiger partial charge is 0.317 e. The van der Waals surface area contributed by atoms with E-state index in [0.717, 1.165) is 32.4 Å². The number of hydrogen-bond donors (Lipinski definition) is 12. The number of rotatable bonds is 32. The van der Waals surface area contributed by atoms with Gasteiger partial charge in [-0.3, -0.25) is 86.9 Å². The van der Waals surface area contributed by atoms with Gasteiger partial charge < -0.3 is 61.3 Å². The minimum atomic E-state index is -1.23. The van der Waals surface area contributed by atoms with Gasteiger partial charge in [-0.15, -0.1) is 0 Å². The second-order valence-electron chi connectivity index (χ2n) is 13.8. The highest BCUT2D eigenvalue weighted by atomic mass is 16.4. The highest BCUT2D eigenvalue weighted by molar-refractivity contribution is 5.75. The standard InChI is InChI=1S/C14H22N2O8.2C10H16N2O8/c17-11(18)5-15(6-12(19)20)9-3-1-2-4-10(9)16(7-13(21)22)8-14(23)24;2*13-7(14)3-11(4-8(15)16)1-2-12(5-9(17)18)6-10(19)20/h9-10H,1-8H2,(H,17,18)(H,19,20)(H,21,22)(H,23,24);2*1-6H2,(H,13,14)(H,15,16)(H,17,18)(H,19,20). The van der Waals surface area contributed by atoms with E-state index in [-0.39, 0.29) is 26.2 Å². The molecule has 1 rings (SSSR count). The first-order chi connectivity index (χ1) is 29.6. The molecule has 0 saturated heterocycles. The van der Waals surface area contributed by atoms with Crippen LogP contribution in [0.3, 0.4) is 0 Å². The summed E-state index contributed by atoms with van der Waals surface area (Å²) in [5.41, 5.74) is 0.